The van der Waals surface area contributed by atoms with E-state index in [1.165, 1.54) is 0 Å². The average Bonchev–Trinajstić information content (AvgIpc) is 2.85. The maximum atomic E-state index is 5.61. The van der Waals surface area contributed by atoms with Crippen molar-refractivity contribution >= 4 is 6.01 Å². The van der Waals surface area contributed by atoms with E-state index in [2.05, 4.69) is 47.8 Å². The molecule has 0 radical (unpaired) electrons. The number of hydrogen-bond acceptors (Lipinski definition) is 5. The fourth-order valence-corrected chi connectivity index (χ4v) is 2.47. The van der Waals surface area contributed by atoms with Gasteiger partial charge in [0.1, 0.15) is 6.26 Å². The first-order valence-corrected chi connectivity index (χ1v) is 7.27. The number of hydrogen-bond donors (Lipinski definition) is 1. The van der Waals surface area contributed by atoms with Gasteiger partial charge >= 0.3 is 0 Å². The van der Waals surface area contributed by atoms with Crippen LogP contribution in [0.15, 0.2) is 10.7 Å². The van der Waals surface area contributed by atoms with Crippen LogP contribution in [0.3, 0.4) is 0 Å². The summed E-state index contributed by atoms with van der Waals surface area (Å²) in [5.41, 5.74) is 0.981. The SMILES string of the molecule is CCN1CCN(c2nc(CNC(C)C)co2)CC1C. The number of oxazole rings is 1. The summed E-state index contributed by atoms with van der Waals surface area (Å²) in [6.45, 7) is 13.7. The van der Waals surface area contributed by atoms with Crippen LogP contribution in [0.25, 0.3) is 0 Å². The summed E-state index contributed by atoms with van der Waals surface area (Å²) in [7, 11) is 0. The highest BCUT2D eigenvalue weighted by atomic mass is 16.4. The van der Waals surface area contributed by atoms with E-state index in [0.29, 0.717) is 12.1 Å². The van der Waals surface area contributed by atoms with Gasteiger partial charge in [-0.05, 0) is 13.5 Å². The van der Waals surface area contributed by atoms with Crippen LogP contribution < -0.4 is 10.2 Å². The molecule has 1 aliphatic rings. The Morgan fingerprint density at radius 1 is 1.47 bits per heavy atom. The number of anilines is 1. The third-order valence-electron chi connectivity index (χ3n) is 3.67. The molecule has 108 valence electrons. The predicted octanol–water partition coefficient (Wildman–Crippen LogP) is 1.70. The van der Waals surface area contributed by atoms with E-state index in [1.807, 2.05) is 0 Å². The van der Waals surface area contributed by atoms with Crippen molar-refractivity contribution < 1.29 is 4.42 Å². The number of rotatable bonds is 5. The largest absolute Gasteiger partial charge is 0.432 e. The molecule has 0 aliphatic carbocycles. The lowest BCUT2D eigenvalue weighted by molar-refractivity contribution is 0.195. The molecule has 1 unspecified atom stereocenters. The molecule has 0 saturated carbocycles. The molecule has 1 aromatic heterocycles. The Kier molecular flexibility index (Phi) is 4.82. The number of likely N-dealkylation sites (N-methyl/N-ethyl adjacent to an activating group) is 1. The summed E-state index contributed by atoms with van der Waals surface area (Å²) in [6, 6.07) is 1.79. The monoisotopic (exact) mass is 266 g/mol. The van der Waals surface area contributed by atoms with Crippen LogP contribution in [-0.4, -0.2) is 48.1 Å². The maximum absolute atomic E-state index is 5.61. The molecule has 1 aliphatic heterocycles. The van der Waals surface area contributed by atoms with Crippen LogP contribution in [0.4, 0.5) is 6.01 Å². The Morgan fingerprint density at radius 2 is 2.26 bits per heavy atom. The summed E-state index contributed by atoms with van der Waals surface area (Å²) in [4.78, 5) is 9.30. The average molecular weight is 266 g/mol. The predicted molar refractivity (Wildman–Crippen MR) is 77.4 cm³/mol. The highest BCUT2D eigenvalue weighted by molar-refractivity contribution is 5.28. The van der Waals surface area contributed by atoms with Crippen molar-refractivity contribution in [1.82, 2.24) is 15.2 Å². The van der Waals surface area contributed by atoms with Crippen molar-refractivity contribution in [1.29, 1.82) is 0 Å². The fourth-order valence-electron chi connectivity index (χ4n) is 2.47. The van der Waals surface area contributed by atoms with Crippen molar-refractivity contribution in [3.05, 3.63) is 12.0 Å². The molecule has 0 aromatic carbocycles. The van der Waals surface area contributed by atoms with E-state index in [9.17, 15) is 0 Å². The minimum atomic E-state index is 0.466. The second-order valence-electron chi connectivity index (χ2n) is 5.58. The lowest BCUT2D eigenvalue weighted by Crippen LogP contribution is -2.51. The highest BCUT2D eigenvalue weighted by Gasteiger charge is 2.25. The summed E-state index contributed by atoms with van der Waals surface area (Å²) in [6.07, 6.45) is 1.77. The zero-order chi connectivity index (χ0) is 13.8. The Labute approximate surface area is 116 Å². The zero-order valence-corrected chi connectivity index (χ0v) is 12.5. The van der Waals surface area contributed by atoms with Gasteiger partial charge in [-0.15, -0.1) is 0 Å². The van der Waals surface area contributed by atoms with Crippen LogP contribution in [0, 0.1) is 0 Å². The van der Waals surface area contributed by atoms with Crippen LogP contribution >= 0.6 is 0 Å². The first kappa shape index (κ1) is 14.3. The van der Waals surface area contributed by atoms with Gasteiger partial charge in [0.25, 0.3) is 6.01 Å². The van der Waals surface area contributed by atoms with E-state index >= 15 is 0 Å². The normalized spacial score (nSPS) is 21.3. The van der Waals surface area contributed by atoms with Crippen LogP contribution in [0.1, 0.15) is 33.4 Å². The number of piperazine rings is 1. The van der Waals surface area contributed by atoms with Crippen LogP contribution in [-0.2, 0) is 6.54 Å². The topological polar surface area (TPSA) is 44.5 Å². The molecule has 5 nitrogen and oxygen atoms in total. The molecule has 1 atom stereocenters. The Balaban J connectivity index is 1.92. The van der Waals surface area contributed by atoms with Gasteiger partial charge in [-0.3, -0.25) is 4.90 Å². The molecule has 2 rings (SSSR count). The molecule has 19 heavy (non-hydrogen) atoms. The van der Waals surface area contributed by atoms with Crippen LogP contribution in [0.2, 0.25) is 0 Å². The number of aromatic nitrogens is 1. The molecule has 1 fully saturated rings. The molecule has 0 spiro atoms. The number of nitrogens with one attached hydrogen (secondary N) is 1. The zero-order valence-electron chi connectivity index (χ0n) is 12.5. The molecule has 1 aromatic rings. The van der Waals surface area contributed by atoms with E-state index < -0.39 is 0 Å². The van der Waals surface area contributed by atoms with E-state index in [4.69, 9.17) is 4.42 Å². The van der Waals surface area contributed by atoms with Crippen molar-refractivity contribution in [3.8, 4) is 0 Å². The Morgan fingerprint density at radius 3 is 2.89 bits per heavy atom. The van der Waals surface area contributed by atoms with Gasteiger partial charge in [-0.25, -0.2) is 0 Å². The third kappa shape index (κ3) is 3.70. The first-order valence-electron chi connectivity index (χ1n) is 7.27. The van der Waals surface area contributed by atoms with Crippen molar-refractivity contribution in [2.45, 2.75) is 46.3 Å². The van der Waals surface area contributed by atoms with Crippen molar-refractivity contribution in [3.63, 3.8) is 0 Å². The van der Waals surface area contributed by atoms with E-state index in [0.717, 1.165) is 44.4 Å². The van der Waals surface area contributed by atoms with E-state index in [-0.39, 0.29) is 0 Å². The highest BCUT2D eigenvalue weighted by Crippen LogP contribution is 2.18. The minimum Gasteiger partial charge on any atom is -0.432 e. The molecule has 2 heterocycles. The number of nitrogens with zero attached hydrogens (tertiary/aromatic N) is 3. The molecule has 0 amide bonds. The van der Waals surface area contributed by atoms with Crippen LogP contribution in [0.5, 0.6) is 0 Å². The molecular weight excluding hydrogens is 240 g/mol. The molecule has 1 N–H and O–H groups in total. The molecule has 0 bridgehead atoms. The maximum Gasteiger partial charge on any atom is 0.297 e. The first-order chi connectivity index (χ1) is 9.10. The summed E-state index contributed by atoms with van der Waals surface area (Å²) in [5, 5.41) is 3.35. The van der Waals surface area contributed by atoms with Gasteiger partial charge in [0.05, 0.1) is 5.69 Å². The standard InChI is InChI=1S/C14H26N4O/c1-5-17-6-7-18(9-12(17)4)14-16-13(10-19-14)8-15-11(2)3/h10-12,15H,5-9H2,1-4H3. The smallest absolute Gasteiger partial charge is 0.297 e. The second-order valence-corrected chi connectivity index (χ2v) is 5.58. The third-order valence-corrected chi connectivity index (χ3v) is 3.67. The van der Waals surface area contributed by atoms with Gasteiger partial charge < -0.3 is 14.6 Å². The second kappa shape index (κ2) is 6.39. The van der Waals surface area contributed by atoms with E-state index in [1.54, 1.807) is 6.26 Å². The van der Waals surface area contributed by atoms with Crippen molar-refractivity contribution in [2.24, 2.45) is 0 Å². The van der Waals surface area contributed by atoms with Gasteiger partial charge in [-0.2, -0.15) is 4.98 Å². The fraction of sp³-hybridized carbons (Fsp3) is 0.786. The van der Waals surface area contributed by atoms with Crippen molar-refractivity contribution in [2.75, 3.05) is 31.1 Å². The Hall–Kier alpha value is -1.07. The minimum absolute atomic E-state index is 0.466. The lowest BCUT2D eigenvalue weighted by Gasteiger charge is -2.38. The van der Waals surface area contributed by atoms with Gasteiger partial charge in [0.15, 0.2) is 0 Å². The molecule has 1 saturated heterocycles. The lowest BCUT2D eigenvalue weighted by atomic mass is 10.2. The van der Waals surface area contributed by atoms with Gasteiger partial charge in [0.2, 0.25) is 0 Å². The summed E-state index contributed by atoms with van der Waals surface area (Å²) >= 11 is 0. The van der Waals surface area contributed by atoms with Gasteiger partial charge in [0, 0.05) is 38.3 Å². The Bertz CT molecular complexity index is 391. The summed E-state index contributed by atoms with van der Waals surface area (Å²) in [5.74, 6) is 0. The quantitative estimate of drug-likeness (QED) is 0.879. The van der Waals surface area contributed by atoms with Gasteiger partial charge in [-0.1, -0.05) is 20.8 Å². The molecular formula is C14H26N4O. The summed E-state index contributed by atoms with van der Waals surface area (Å²) < 4.78 is 5.61. The molecule has 5 heteroatoms.